The third kappa shape index (κ3) is 5.51. The molecule has 3 rings (SSSR count). The van der Waals surface area contributed by atoms with Crippen LogP contribution in [-0.2, 0) is 19.6 Å². The van der Waals surface area contributed by atoms with Crippen molar-refractivity contribution in [2.24, 2.45) is 5.92 Å². The first kappa shape index (κ1) is 22.1. The van der Waals surface area contributed by atoms with Crippen molar-refractivity contribution in [1.29, 1.82) is 5.26 Å². The number of sulfonamides is 1. The van der Waals surface area contributed by atoms with Gasteiger partial charge < -0.3 is 9.47 Å². The highest BCUT2D eigenvalue weighted by Crippen LogP contribution is 2.25. The molecule has 2 aromatic carbocycles. The molecule has 7 nitrogen and oxygen atoms in total. The number of nitriles is 1. The summed E-state index contributed by atoms with van der Waals surface area (Å²) >= 11 is 5.82. The lowest BCUT2D eigenvalue weighted by Crippen LogP contribution is -2.40. The topological polar surface area (TPSA) is 96.7 Å². The van der Waals surface area contributed by atoms with Crippen LogP contribution in [0.2, 0.25) is 5.02 Å². The molecule has 1 heterocycles. The Bertz CT molecular complexity index is 1010. The Kier molecular flexibility index (Phi) is 7.32. The molecule has 158 valence electrons. The summed E-state index contributed by atoms with van der Waals surface area (Å²) in [5.74, 6) is -0.0932. The zero-order valence-corrected chi connectivity index (χ0v) is 17.7. The van der Waals surface area contributed by atoms with Crippen molar-refractivity contribution in [3.05, 3.63) is 59.1 Å². The zero-order valence-electron chi connectivity index (χ0n) is 16.2. The van der Waals surface area contributed by atoms with Gasteiger partial charge in [0, 0.05) is 18.1 Å². The third-order valence-electron chi connectivity index (χ3n) is 4.82. The lowest BCUT2D eigenvalue weighted by Gasteiger charge is -2.30. The first-order chi connectivity index (χ1) is 14.4. The minimum absolute atomic E-state index is 0.0993. The van der Waals surface area contributed by atoms with E-state index in [2.05, 4.69) is 0 Å². The summed E-state index contributed by atoms with van der Waals surface area (Å²) in [7, 11) is -3.60. The number of carbonyl (C=O) groups excluding carboxylic acids is 1. The molecule has 1 aliphatic heterocycles. The van der Waals surface area contributed by atoms with Gasteiger partial charge in [-0.15, -0.1) is 0 Å². The zero-order chi connectivity index (χ0) is 21.6. The molecule has 1 aliphatic rings. The van der Waals surface area contributed by atoms with Crippen LogP contribution in [0.5, 0.6) is 5.75 Å². The number of benzene rings is 2. The average molecular weight is 449 g/mol. The summed E-state index contributed by atoms with van der Waals surface area (Å²) in [6, 6.07) is 14.7. The van der Waals surface area contributed by atoms with E-state index in [1.54, 1.807) is 36.4 Å². The number of esters is 1. The molecule has 0 aromatic heterocycles. The quantitative estimate of drug-likeness (QED) is 0.476. The molecule has 0 unspecified atom stereocenters. The Hall–Kier alpha value is -2.60. The molecule has 0 radical (unpaired) electrons. The van der Waals surface area contributed by atoms with Gasteiger partial charge in [0.1, 0.15) is 19.0 Å². The number of piperidine rings is 1. The molecule has 0 amide bonds. The average Bonchev–Trinajstić information content (AvgIpc) is 2.77. The third-order valence-corrected chi connectivity index (χ3v) is 6.98. The van der Waals surface area contributed by atoms with Crippen LogP contribution in [0.25, 0.3) is 0 Å². The van der Waals surface area contributed by atoms with Crippen LogP contribution < -0.4 is 4.74 Å². The maximum atomic E-state index is 12.7. The van der Waals surface area contributed by atoms with Crippen LogP contribution in [0.4, 0.5) is 0 Å². The van der Waals surface area contributed by atoms with Crippen LogP contribution in [-0.4, -0.2) is 45.0 Å². The van der Waals surface area contributed by atoms with Gasteiger partial charge in [0.2, 0.25) is 10.0 Å². The van der Waals surface area contributed by atoms with Gasteiger partial charge in [-0.25, -0.2) is 8.42 Å². The van der Waals surface area contributed by atoms with Gasteiger partial charge in [0.15, 0.2) is 0 Å². The van der Waals surface area contributed by atoms with Gasteiger partial charge in [-0.3, -0.25) is 4.79 Å². The van der Waals surface area contributed by atoms with E-state index >= 15 is 0 Å². The number of rotatable bonds is 7. The molecule has 1 saturated heterocycles. The molecule has 2 aromatic rings. The van der Waals surface area contributed by atoms with Crippen molar-refractivity contribution in [2.75, 3.05) is 26.3 Å². The first-order valence-corrected chi connectivity index (χ1v) is 11.3. The molecular formula is C21H21ClN2O5S. The lowest BCUT2D eigenvalue weighted by molar-refractivity contribution is -0.150. The minimum Gasteiger partial charge on any atom is -0.490 e. The second kappa shape index (κ2) is 9.94. The van der Waals surface area contributed by atoms with Gasteiger partial charge >= 0.3 is 5.97 Å². The fourth-order valence-corrected chi connectivity index (χ4v) is 4.73. The Balaban J connectivity index is 1.42. The van der Waals surface area contributed by atoms with Gasteiger partial charge in [-0.05, 0) is 61.4 Å². The first-order valence-electron chi connectivity index (χ1n) is 9.45. The SMILES string of the molecule is N#Cc1ccc(OCCOC(=O)C2CCN(S(=O)(=O)c3ccc(Cl)cc3)CC2)cc1. The monoisotopic (exact) mass is 448 g/mol. The van der Waals surface area contributed by atoms with Crippen molar-refractivity contribution < 1.29 is 22.7 Å². The van der Waals surface area contributed by atoms with Crippen molar-refractivity contribution >= 4 is 27.6 Å². The van der Waals surface area contributed by atoms with Crippen LogP contribution in [0, 0.1) is 17.2 Å². The lowest BCUT2D eigenvalue weighted by atomic mass is 9.98. The molecule has 30 heavy (non-hydrogen) atoms. The number of halogens is 1. The molecule has 9 heteroatoms. The second-order valence-corrected chi connectivity index (χ2v) is 9.16. The van der Waals surface area contributed by atoms with Gasteiger partial charge in [0.25, 0.3) is 0 Å². The van der Waals surface area contributed by atoms with Crippen LogP contribution >= 0.6 is 11.6 Å². The van der Waals surface area contributed by atoms with Crippen molar-refractivity contribution in [2.45, 2.75) is 17.7 Å². The smallest absolute Gasteiger partial charge is 0.309 e. The number of hydrogen-bond acceptors (Lipinski definition) is 6. The summed E-state index contributed by atoms with van der Waals surface area (Å²) in [5, 5.41) is 9.24. The molecule has 0 bridgehead atoms. The molecule has 0 spiro atoms. The Morgan fingerprint density at radius 3 is 2.30 bits per heavy atom. The highest BCUT2D eigenvalue weighted by atomic mass is 35.5. The van der Waals surface area contributed by atoms with E-state index in [1.807, 2.05) is 6.07 Å². The van der Waals surface area contributed by atoms with E-state index in [9.17, 15) is 13.2 Å². The van der Waals surface area contributed by atoms with Crippen LogP contribution in [0.15, 0.2) is 53.4 Å². The minimum atomic E-state index is -3.60. The highest BCUT2D eigenvalue weighted by Gasteiger charge is 2.32. The number of hydrogen-bond donors (Lipinski definition) is 0. The van der Waals surface area contributed by atoms with E-state index in [-0.39, 0.29) is 43.1 Å². The maximum Gasteiger partial charge on any atom is 0.309 e. The number of ether oxygens (including phenoxy) is 2. The van der Waals surface area contributed by atoms with E-state index in [4.69, 9.17) is 26.3 Å². The normalized spacial score (nSPS) is 15.3. The molecule has 1 fully saturated rings. The molecule has 0 atom stereocenters. The largest absolute Gasteiger partial charge is 0.490 e. The fraction of sp³-hybridized carbons (Fsp3) is 0.333. The van der Waals surface area contributed by atoms with Gasteiger partial charge in [-0.1, -0.05) is 11.6 Å². The number of carbonyl (C=O) groups is 1. The molecule has 0 saturated carbocycles. The fourth-order valence-electron chi connectivity index (χ4n) is 3.13. The van der Waals surface area contributed by atoms with Crippen LogP contribution in [0.3, 0.4) is 0 Å². The summed E-state index contributed by atoms with van der Waals surface area (Å²) in [6.45, 7) is 0.808. The molecule has 0 aliphatic carbocycles. The second-order valence-electron chi connectivity index (χ2n) is 6.78. The number of nitrogens with zero attached hydrogens (tertiary/aromatic N) is 2. The van der Waals surface area contributed by atoms with Gasteiger partial charge in [0.05, 0.1) is 22.4 Å². The molecule has 0 N–H and O–H groups in total. The highest BCUT2D eigenvalue weighted by molar-refractivity contribution is 7.89. The summed E-state index contributed by atoms with van der Waals surface area (Å²) in [5.41, 5.74) is 0.540. The van der Waals surface area contributed by atoms with E-state index in [0.29, 0.717) is 29.2 Å². The standard InChI is InChI=1S/C21H21ClN2O5S/c22-18-3-7-20(8-4-18)30(26,27)24-11-9-17(10-12-24)21(25)29-14-13-28-19-5-1-16(15-23)2-6-19/h1-8,17H,9-14H2. The predicted molar refractivity (Wildman–Crippen MR) is 111 cm³/mol. The van der Waals surface area contributed by atoms with E-state index in [0.717, 1.165) is 0 Å². The molecular weight excluding hydrogens is 428 g/mol. The summed E-state index contributed by atoms with van der Waals surface area (Å²) in [4.78, 5) is 12.4. The van der Waals surface area contributed by atoms with E-state index in [1.165, 1.54) is 16.4 Å². The van der Waals surface area contributed by atoms with Crippen molar-refractivity contribution in [3.63, 3.8) is 0 Å². The Labute approximate surface area is 180 Å². The summed E-state index contributed by atoms with van der Waals surface area (Å²) < 4.78 is 37.5. The van der Waals surface area contributed by atoms with Gasteiger partial charge in [-0.2, -0.15) is 9.57 Å². The Morgan fingerprint density at radius 2 is 1.70 bits per heavy atom. The maximum absolute atomic E-state index is 12.7. The van der Waals surface area contributed by atoms with Crippen molar-refractivity contribution in [3.8, 4) is 11.8 Å². The van der Waals surface area contributed by atoms with E-state index < -0.39 is 10.0 Å². The Morgan fingerprint density at radius 1 is 1.07 bits per heavy atom. The summed E-state index contributed by atoms with van der Waals surface area (Å²) in [6.07, 6.45) is 0.810. The van der Waals surface area contributed by atoms with Crippen LogP contribution in [0.1, 0.15) is 18.4 Å². The predicted octanol–water partition coefficient (Wildman–Crippen LogP) is 3.23. The van der Waals surface area contributed by atoms with Crippen molar-refractivity contribution in [1.82, 2.24) is 4.31 Å².